The molecule has 1 atom stereocenters. The second-order valence-corrected chi connectivity index (χ2v) is 5.76. The SMILES string of the molecule is O=C(Cc1ccsc1)N1CCC(Oc2cnsn2)C1. The highest BCUT2D eigenvalue weighted by atomic mass is 32.1. The van der Waals surface area contributed by atoms with Gasteiger partial charge in [-0.25, -0.2) is 0 Å². The maximum atomic E-state index is 12.1. The lowest BCUT2D eigenvalue weighted by Crippen LogP contribution is -2.32. The Balaban J connectivity index is 1.52. The molecule has 0 aromatic carbocycles. The predicted octanol–water partition coefficient (Wildman–Crippen LogP) is 1.82. The molecule has 7 heteroatoms. The lowest BCUT2D eigenvalue weighted by molar-refractivity contribution is -0.129. The monoisotopic (exact) mass is 295 g/mol. The van der Waals surface area contributed by atoms with Crippen LogP contribution >= 0.6 is 23.1 Å². The molecule has 2 aromatic rings. The average Bonchev–Trinajstić information content (AvgIpc) is 3.10. The number of carbonyl (C=O) groups is 1. The predicted molar refractivity (Wildman–Crippen MR) is 73.5 cm³/mol. The van der Waals surface area contributed by atoms with Crippen molar-refractivity contribution in [2.45, 2.75) is 18.9 Å². The first-order chi connectivity index (χ1) is 9.31. The molecule has 0 N–H and O–H groups in total. The summed E-state index contributed by atoms with van der Waals surface area (Å²) in [5, 5.41) is 4.01. The fourth-order valence-corrected chi connectivity index (χ4v) is 3.13. The number of carbonyl (C=O) groups excluding carboxylic acids is 1. The van der Waals surface area contributed by atoms with Gasteiger partial charge in [0.15, 0.2) is 0 Å². The zero-order valence-electron chi connectivity index (χ0n) is 10.2. The summed E-state index contributed by atoms with van der Waals surface area (Å²) in [5.41, 5.74) is 1.09. The molecule has 0 radical (unpaired) electrons. The van der Waals surface area contributed by atoms with Crippen LogP contribution < -0.4 is 4.74 Å². The Kier molecular flexibility index (Phi) is 3.74. The second-order valence-electron chi connectivity index (χ2n) is 4.42. The van der Waals surface area contributed by atoms with Crippen molar-refractivity contribution in [3.8, 4) is 5.88 Å². The molecule has 0 saturated carbocycles. The van der Waals surface area contributed by atoms with E-state index in [1.165, 1.54) is 0 Å². The summed E-state index contributed by atoms with van der Waals surface area (Å²) in [4.78, 5) is 14.0. The summed E-state index contributed by atoms with van der Waals surface area (Å²) in [6.45, 7) is 1.39. The molecule has 1 saturated heterocycles. The first-order valence-electron chi connectivity index (χ1n) is 6.04. The van der Waals surface area contributed by atoms with Gasteiger partial charge >= 0.3 is 0 Å². The summed E-state index contributed by atoms with van der Waals surface area (Å²) in [6, 6.07) is 1.99. The van der Waals surface area contributed by atoms with E-state index < -0.39 is 0 Å². The third kappa shape index (κ3) is 3.10. The molecule has 1 aliphatic heterocycles. The number of hydrogen-bond donors (Lipinski definition) is 0. The van der Waals surface area contributed by atoms with Gasteiger partial charge in [0.25, 0.3) is 0 Å². The van der Waals surface area contributed by atoms with Crippen molar-refractivity contribution in [3.05, 3.63) is 28.6 Å². The Bertz CT molecular complexity index is 527. The van der Waals surface area contributed by atoms with Gasteiger partial charge in [-0.05, 0) is 22.4 Å². The van der Waals surface area contributed by atoms with E-state index in [0.29, 0.717) is 18.8 Å². The minimum atomic E-state index is 0.0373. The summed E-state index contributed by atoms with van der Waals surface area (Å²) in [6.07, 6.45) is 2.98. The van der Waals surface area contributed by atoms with Gasteiger partial charge in [-0.2, -0.15) is 15.7 Å². The van der Waals surface area contributed by atoms with Gasteiger partial charge < -0.3 is 9.64 Å². The van der Waals surface area contributed by atoms with Gasteiger partial charge in [-0.3, -0.25) is 4.79 Å². The first-order valence-corrected chi connectivity index (χ1v) is 7.71. The van der Waals surface area contributed by atoms with E-state index in [-0.39, 0.29) is 12.0 Å². The van der Waals surface area contributed by atoms with E-state index >= 15 is 0 Å². The van der Waals surface area contributed by atoms with Crippen LogP contribution in [0.3, 0.4) is 0 Å². The van der Waals surface area contributed by atoms with Gasteiger partial charge in [0.05, 0.1) is 24.7 Å². The number of nitrogens with zero attached hydrogens (tertiary/aromatic N) is 3. The molecule has 5 nitrogen and oxygen atoms in total. The van der Waals surface area contributed by atoms with Gasteiger partial charge in [0, 0.05) is 13.0 Å². The fourth-order valence-electron chi connectivity index (χ4n) is 2.11. The molecular weight excluding hydrogens is 282 g/mol. The van der Waals surface area contributed by atoms with Crippen molar-refractivity contribution in [2.75, 3.05) is 13.1 Å². The number of hydrogen-bond acceptors (Lipinski definition) is 6. The summed E-state index contributed by atoms with van der Waals surface area (Å²) in [5.74, 6) is 0.725. The van der Waals surface area contributed by atoms with Crippen LogP contribution in [0.2, 0.25) is 0 Å². The first kappa shape index (κ1) is 12.6. The van der Waals surface area contributed by atoms with Crippen molar-refractivity contribution in [1.29, 1.82) is 0 Å². The van der Waals surface area contributed by atoms with Crippen molar-refractivity contribution in [2.24, 2.45) is 0 Å². The van der Waals surface area contributed by atoms with Crippen molar-refractivity contribution in [3.63, 3.8) is 0 Å². The Labute approximate surface area is 119 Å². The Hall–Kier alpha value is -1.47. The van der Waals surface area contributed by atoms with E-state index in [9.17, 15) is 4.79 Å². The van der Waals surface area contributed by atoms with Gasteiger partial charge in [-0.15, -0.1) is 4.37 Å². The van der Waals surface area contributed by atoms with Crippen LogP contribution in [0.1, 0.15) is 12.0 Å². The second kappa shape index (κ2) is 5.66. The average molecular weight is 295 g/mol. The quantitative estimate of drug-likeness (QED) is 0.863. The Morgan fingerprint density at radius 2 is 2.53 bits per heavy atom. The molecule has 100 valence electrons. The Morgan fingerprint density at radius 3 is 3.26 bits per heavy atom. The van der Waals surface area contributed by atoms with Crippen LogP contribution in [-0.4, -0.2) is 38.7 Å². The van der Waals surface area contributed by atoms with Gasteiger partial charge in [-0.1, -0.05) is 0 Å². The molecule has 0 bridgehead atoms. The highest BCUT2D eigenvalue weighted by Gasteiger charge is 2.27. The fraction of sp³-hybridized carbons (Fsp3) is 0.417. The third-order valence-electron chi connectivity index (χ3n) is 3.06. The van der Waals surface area contributed by atoms with Crippen LogP contribution in [0.25, 0.3) is 0 Å². The smallest absolute Gasteiger partial charge is 0.246 e. The topological polar surface area (TPSA) is 55.3 Å². The van der Waals surface area contributed by atoms with Gasteiger partial charge in [0.2, 0.25) is 11.8 Å². The molecule has 1 amide bonds. The summed E-state index contributed by atoms with van der Waals surface area (Å²) >= 11 is 2.75. The lowest BCUT2D eigenvalue weighted by atomic mass is 10.2. The normalized spacial score (nSPS) is 18.7. The van der Waals surface area contributed by atoms with E-state index in [1.807, 2.05) is 21.7 Å². The number of amides is 1. The highest BCUT2D eigenvalue weighted by molar-refractivity contribution is 7.08. The zero-order chi connectivity index (χ0) is 13.1. The van der Waals surface area contributed by atoms with Crippen molar-refractivity contribution < 1.29 is 9.53 Å². The molecule has 1 unspecified atom stereocenters. The molecule has 2 aromatic heterocycles. The maximum absolute atomic E-state index is 12.1. The molecule has 0 spiro atoms. The maximum Gasteiger partial charge on any atom is 0.246 e. The molecule has 1 fully saturated rings. The minimum Gasteiger partial charge on any atom is -0.471 e. The molecular formula is C12H13N3O2S2. The van der Waals surface area contributed by atoms with E-state index in [0.717, 1.165) is 30.3 Å². The number of aromatic nitrogens is 2. The van der Waals surface area contributed by atoms with Crippen LogP contribution in [0.5, 0.6) is 5.88 Å². The van der Waals surface area contributed by atoms with Gasteiger partial charge in [0.1, 0.15) is 12.3 Å². The van der Waals surface area contributed by atoms with E-state index in [2.05, 4.69) is 8.75 Å². The molecule has 3 heterocycles. The number of ether oxygens (including phenoxy) is 1. The number of rotatable bonds is 4. The number of likely N-dealkylation sites (tertiary alicyclic amines) is 1. The van der Waals surface area contributed by atoms with Crippen molar-refractivity contribution in [1.82, 2.24) is 13.6 Å². The number of thiophene rings is 1. The van der Waals surface area contributed by atoms with Crippen LogP contribution in [0, 0.1) is 0 Å². The highest BCUT2D eigenvalue weighted by Crippen LogP contribution is 2.18. The lowest BCUT2D eigenvalue weighted by Gasteiger charge is -2.16. The van der Waals surface area contributed by atoms with Crippen molar-refractivity contribution >= 4 is 29.0 Å². The largest absolute Gasteiger partial charge is 0.471 e. The third-order valence-corrected chi connectivity index (χ3v) is 4.25. The molecule has 19 heavy (non-hydrogen) atoms. The standard InChI is InChI=1S/C12H13N3O2S2/c16-12(5-9-2-4-18-8-9)15-3-1-10(7-15)17-11-6-13-19-14-11/h2,4,6,8,10H,1,3,5,7H2. The zero-order valence-corrected chi connectivity index (χ0v) is 11.8. The molecule has 1 aliphatic rings. The summed E-state index contributed by atoms with van der Waals surface area (Å²) in [7, 11) is 0. The van der Waals surface area contributed by atoms with E-state index in [1.54, 1.807) is 17.5 Å². The molecule has 3 rings (SSSR count). The molecule has 0 aliphatic carbocycles. The van der Waals surface area contributed by atoms with E-state index in [4.69, 9.17) is 4.74 Å². The van der Waals surface area contributed by atoms with Crippen LogP contribution in [0.4, 0.5) is 0 Å². The summed E-state index contributed by atoms with van der Waals surface area (Å²) < 4.78 is 13.6. The minimum absolute atomic E-state index is 0.0373. The van der Waals surface area contributed by atoms with Crippen LogP contribution in [-0.2, 0) is 11.2 Å². The van der Waals surface area contributed by atoms with Crippen LogP contribution in [0.15, 0.2) is 23.0 Å². The Morgan fingerprint density at radius 1 is 1.58 bits per heavy atom.